The molecule has 0 N–H and O–H groups in total. The van der Waals surface area contributed by atoms with Crippen LogP contribution < -0.4 is 0 Å². The third kappa shape index (κ3) is 4.46. The van der Waals surface area contributed by atoms with Crippen molar-refractivity contribution in [1.29, 1.82) is 0 Å². The van der Waals surface area contributed by atoms with Gasteiger partial charge in [-0.1, -0.05) is 19.8 Å². The lowest BCUT2D eigenvalue weighted by Gasteiger charge is -2.37. The molecular weight excluding hydrogens is 366 g/mol. The van der Waals surface area contributed by atoms with Gasteiger partial charge in [0.05, 0.1) is 6.04 Å². The standard InChI is InChI=1S/C23H35N3O3/c1-2-19-9-10-21(29-19)20-8-4-3-5-15-26(20)22(27)18-11-16-25(17-12-18)23(28)24-13-6-7-14-24/h9-10,18,20H,2-8,11-17H2,1H3. The molecule has 1 aromatic rings. The molecule has 1 unspecified atom stereocenters. The van der Waals surface area contributed by atoms with Gasteiger partial charge in [-0.3, -0.25) is 4.79 Å². The Labute approximate surface area is 174 Å². The lowest BCUT2D eigenvalue weighted by molar-refractivity contribution is -0.139. The quantitative estimate of drug-likeness (QED) is 0.762. The van der Waals surface area contributed by atoms with Gasteiger partial charge < -0.3 is 19.1 Å². The molecule has 4 rings (SSSR count). The molecule has 6 nitrogen and oxygen atoms in total. The number of carbonyl (C=O) groups is 2. The van der Waals surface area contributed by atoms with Gasteiger partial charge >= 0.3 is 6.03 Å². The van der Waals surface area contributed by atoms with E-state index < -0.39 is 0 Å². The van der Waals surface area contributed by atoms with Gasteiger partial charge in [0, 0.05) is 45.1 Å². The first-order valence-electron chi connectivity index (χ1n) is 11.6. The van der Waals surface area contributed by atoms with E-state index in [1.54, 1.807) is 0 Å². The maximum atomic E-state index is 13.5. The lowest BCUT2D eigenvalue weighted by atomic mass is 9.94. The molecule has 3 saturated heterocycles. The van der Waals surface area contributed by atoms with Gasteiger partial charge in [0.25, 0.3) is 0 Å². The van der Waals surface area contributed by atoms with Crippen molar-refractivity contribution in [3.8, 4) is 0 Å². The van der Waals surface area contributed by atoms with Gasteiger partial charge in [0.1, 0.15) is 11.5 Å². The molecule has 3 aliphatic heterocycles. The van der Waals surface area contributed by atoms with Crippen LogP contribution in [0.1, 0.15) is 75.9 Å². The molecule has 0 aromatic carbocycles. The van der Waals surface area contributed by atoms with Gasteiger partial charge in [-0.2, -0.15) is 0 Å². The SMILES string of the molecule is CCc1ccc(C2CCCCCN2C(=O)C2CCN(C(=O)N3CCCC3)CC2)o1. The highest BCUT2D eigenvalue weighted by molar-refractivity contribution is 5.80. The zero-order valence-electron chi connectivity index (χ0n) is 17.8. The van der Waals surface area contributed by atoms with Crippen LogP contribution in [-0.4, -0.2) is 59.4 Å². The molecule has 3 amide bonds. The number of likely N-dealkylation sites (tertiary alicyclic amines) is 3. The number of hydrogen-bond donors (Lipinski definition) is 0. The van der Waals surface area contributed by atoms with E-state index in [0.29, 0.717) is 13.1 Å². The van der Waals surface area contributed by atoms with Crippen LogP contribution in [0.3, 0.4) is 0 Å². The van der Waals surface area contributed by atoms with E-state index in [4.69, 9.17) is 4.42 Å². The summed E-state index contributed by atoms with van der Waals surface area (Å²) < 4.78 is 6.05. The number of urea groups is 1. The fourth-order valence-electron chi connectivity index (χ4n) is 5.09. The molecule has 160 valence electrons. The second-order valence-corrected chi connectivity index (χ2v) is 8.79. The fraction of sp³-hybridized carbons (Fsp3) is 0.739. The molecule has 1 aromatic heterocycles. The molecule has 3 aliphatic rings. The summed E-state index contributed by atoms with van der Waals surface area (Å²) in [5, 5.41) is 0. The molecule has 0 radical (unpaired) electrons. The maximum Gasteiger partial charge on any atom is 0.319 e. The van der Waals surface area contributed by atoms with E-state index in [1.165, 1.54) is 6.42 Å². The summed E-state index contributed by atoms with van der Waals surface area (Å²) in [7, 11) is 0. The molecule has 3 fully saturated rings. The highest BCUT2D eigenvalue weighted by Crippen LogP contribution is 2.34. The van der Waals surface area contributed by atoms with Gasteiger partial charge in [0.15, 0.2) is 0 Å². The van der Waals surface area contributed by atoms with Crippen molar-refractivity contribution in [2.75, 3.05) is 32.7 Å². The fourth-order valence-corrected chi connectivity index (χ4v) is 5.09. The lowest BCUT2D eigenvalue weighted by Crippen LogP contribution is -2.48. The molecular formula is C23H35N3O3. The monoisotopic (exact) mass is 401 g/mol. The van der Waals surface area contributed by atoms with Gasteiger partial charge in [0.2, 0.25) is 5.91 Å². The maximum absolute atomic E-state index is 13.5. The topological polar surface area (TPSA) is 57.0 Å². The Kier molecular flexibility index (Phi) is 6.46. The summed E-state index contributed by atoms with van der Waals surface area (Å²) in [4.78, 5) is 32.1. The molecule has 0 spiro atoms. The number of nitrogens with zero attached hydrogens (tertiary/aromatic N) is 3. The van der Waals surface area contributed by atoms with Crippen LogP contribution in [-0.2, 0) is 11.2 Å². The molecule has 4 heterocycles. The molecule has 0 saturated carbocycles. The van der Waals surface area contributed by atoms with Gasteiger partial charge in [-0.15, -0.1) is 0 Å². The summed E-state index contributed by atoms with van der Waals surface area (Å²) in [5.74, 6) is 2.22. The molecule has 0 bridgehead atoms. The average Bonchev–Trinajstić information content (AvgIpc) is 3.41. The van der Waals surface area contributed by atoms with Crippen molar-refractivity contribution < 1.29 is 14.0 Å². The second-order valence-electron chi connectivity index (χ2n) is 8.79. The first-order chi connectivity index (χ1) is 14.2. The number of furan rings is 1. The summed E-state index contributed by atoms with van der Waals surface area (Å²) >= 11 is 0. The predicted molar refractivity (Wildman–Crippen MR) is 112 cm³/mol. The number of carbonyl (C=O) groups excluding carboxylic acids is 2. The Bertz CT molecular complexity index is 702. The first kappa shape index (κ1) is 20.3. The van der Waals surface area contributed by atoms with Crippen molar-refractivity contribution in [1.82, 2.24) is 14.7 Å². The number of aryl methyl sites for hydroxylation is 1. The number of hydrogen-bond acceptors (Lipinski definition) is 3. The number of rotatable bonds is 3. The average molecular weight is 402 g/mol. The van der Waals surface area contributed by atoms with Crippen LogP contribution in [0.25, 0.3) is 0 Å². The van der Waals surface area contributed by atoms with Crippen molar-refractivity contribution >= 4 is 11.9 Å². The molecule has 29 heavy (non-hydrogen) atoms. The van der Waals surface area contributed by atoms with Crippen LogP contribution >= 0.6 is 0 Å². The van der Waals surface area contributed by atoms with Crippen molar-refractivity contribution in [2.24, 2.45) is 5.92 Å². The zero-order chi connectivity index (χ0) is 20.2. The van der Waals surface area contributed by atoms with Crippen LogP contribution in [0.15, 0.2) is 16.5 Å². The van der Waals surface area contributed by atoms with Crippen LogP contribution in [0.2, 0.25) is 0 Å². The predicted octanol–water partition coefficient (Wildman–Crippen LogP) is 4.21. The van der Waals surface area contributed by atoms with E-state index in [2.05, 4.69) is 17.9 Å². The van der Waals surface area contributed by atoms with E-state index in [1.807, 2.05) is 15.9 Å². The molecule has 0 aliphatic carbocycles. The van der Waals surface area contributed by atoms with Crippen LogP contribution in [0.4, 0.5) is 4.79 Å². The third-order valence-electron chi connectivity index (χ3n) is 6.89. The molecule has 6 heteroatoms. The Hall–Kier alpha value is -1.98. The van der Waals surface area contributed by atoms with Crippen LogP contribution in [0.5, 0.6) is 0 Å². The highest BCUT2D eigenvalue weighted by atomic mass is 16.3. The van der Waals surface area contributed by atoms with E-state index >= 15 is 0 Å². The number of piperidine rings is 1. The smallest absolute Gasteiger partial charge is 0.319 e. The van der Waals surface area contributed by atoms with Gasteiger partial charge in [-0.25, -0.2) is 4.79 Å². The van der Waals surface area contributed by atoms with Crippen molar-refractivity contribution in [3.63, 3.8) is 0 Å². The Balaban J connectivity index is 1.40. The minimum Gasteiger partial charge on any atom is -0.464 e. The van der Waals surface area contributed by atoms with Gasteiger partial charge in [-0.05, 0) is 50.7 Å². The Morgan fingerprint density at radius 2 is 1.59 bits per heavy atom. The molecule has 1 atom stereocenters. The minimum absolute atomic E-state index is 0.0267. The first-order valence-corrected chi connectivity index (χ1v) is 11.6. The highest BCUT2D eigenvalue weighted by Gasteiger charge is 2.36. The minimum atomic E-state index is 0.0267. The van der Waals surface area contributed by atoms with E-state index in [-0.39, 0.29) is 23.9 Å². The zero-order valence-corrected chi connectivity index (χ0v) is 17.8. The van der Waals surface area contributed by atoms with E-state index in [9.17, 15) is 9.59 Å². The van der Waals surface area contributed by atoms with Crippen molar-refractivity contribution in [3.05, 3.63) is 23.7 Å². The Morgan fingerprint density at radius 3 is 2.28 bits per heavy atom. The summed E-state index contributed by atoms with van der Waals surface area (Å²) in [5.41, 5.74) is 0. The summed E-state index contributed by atoms with van der Waals surface area (Å²) in [6.07, 6.45) is 9.02. The summed E-state index contributed by atoms with van der Waals surface area (Å²) in [6, 6.07) is 4.34. The van der Waals surface area contributed by atoms with Crippen molar-refractivity contribution in [2.45, 2.75) is 70.8 Å². The number of amides is 3. The second kappa shape index (κ2) is 9.23. The van der Waals surface area contributed by atoms with Crippen LogP contribution in [0, 0.1) is 5.92 Å². The normalized spacial score (nSPS) is 24.0. The largest absolute Gasteiger partial charge is 0.464 e. The summed E-state index contributed by atoms with van der Waals surface area (Å²) in [6.45, 7) is 6.08. The Morgan fingerprint density at radius 1 is 0.897 bits per heavy atom. The van der Waals surface area contributed by atoms with E-state index in [0.717, 1.165) is 82.5 Å². The third-order valence-corrected chi connectivity index (χ3v) is 6.89.